The zero-order valence-electron chi connectivity index (χ0n) is 12.6. The number of aromatic amines is 1. The van der Waals surface area contributed by atoms with Crippen molar-refractivity contribution in [3.05, 3.63) is 52.0 Å². The third-order valence-electron chi connectivity index (χ3n) is 4.50. The van der Waals surface area contributed by atoms with E-state index >= 15 is 0 Å². The van der Waals surface area contributed by atoms with Crippen LogP contribution in [0.5, 0.6) is 0 Å². The first-order chi connectivity index (χ1) is 11.0. The zero-order valence-corrected chi connectivity index (χ0v) is 12.6. The van der Waals surface area contributed by atoms with Crippen molar-refractivity contribution in [3.63, 3.8) is 0 Å². The average Bonchev–Trinajstić information content (AvgIpc) is 3.00. The number of H-pyrrole nitrogens is 1. The lowest BCUT2D eigenvalue weighted by Crippen LogP contribution is -2.43. The van der Waals surface area contributed by atoms with Crippen LogP contribution >= 0.6 is 0 Å². The number of hydrogen-bond acceptors (Lipinski definition) is 5. The Balaban J connectivity index is 2.19. The van der Waals surface area contributed by atoms with Gasteiger partial charge in [-0.05, 0) is 19.9 Å². The first-order valence-electron chi connectivity index (χ1n) is 7.15. The molecule has 2 aliphatic rings. The predicted octanol–water partition coefficient (Wildman–Crippen LogP) is 1.38. The summed E-state index contributed by atoms with van der Waals surface area (Å²) in [6, 6.07) is 7.81. The van der Waals surface area contributed by atoms with Crippen LogP contribution in [0.15, 0.2) is 29.6 Å². The van der Waals surface area contributed by atoms with Gasteiger partial charge in [-0.1, -0.05) is 17.7 Å². The fourth-order valence-electron chi connectivity index (χ4n) is 3.55. The Bertz CT molecular complexity index is 948. The Morgan fingerprint density at radius 2 is 2.09 bits per heavy atom. The molecule has 7 heteroatoms. The maximum absolute atomic E-state index is 13.0. The fourth-order valence-corrected chi connectivity index (χ4v) is 3.55. The van der Waals surface area contributed by atoms with Crippen molar-refractivity contribution in [2.75, 3.05) is 10.6 Å². The van der Waals surface area contributed by atoms with Crippen molar-refractivity contribution in [2.45, 2.75) is 19.3 Å². The summed E-state index contributed by atoms with van der Waals surface area (Å²) in [7, 11) is 0. The summed E-state index contributed by atoms with van der Waals surface area (Å²) in [5, 5.41) is 22.6. The molecule has 23 heavy (non-hydrogen) atoms. The summed E-state index contributed by atoms with van der Waals surface area (Å²) >= 11 is 0. The van der Waals surface area contributed by atoms with Crippen molar-refractivity contribution in [3.8, 4) is 6.07 Å². The molecule has 0 saturated heterocycles. The molecular formula is C16H14N6O. The number of anilines is 2. The molecule has 3 heterocycles. The molecule has 2 aromatic rings. The molecule has 0 fully saturated rings. The van der Waals surface area contributed by atoms with E-state index in [1.54, 1.807) is 0 Å². The number of nitrogens with one attached hydrogen (secondary N) is 3. The molecule has 1 unspecified atom stereocenters. The molecule has 1 atom stereocenters. The molecule has 1 aromatic carbocycles. The predicted molar refractivity (Wildman–Crippen MR) is 84.4 cm³/mol. The van der Waals surface area contributed by atoms with Gasteiger partial charge in [0.15, 0.2) is 5.82 Å². The Hall–Kier alpha value is -3.27. The highest BCUT2D eigenvalue weighted by molar-refractivity contribution is 6.13. The van der Waals surface area contributed by atoms with Crippen LogP contribution in [0.1, 0.15) is 22.4 Å². The topological polar surface area (TPSA) is 120 Å². The number of carbonyl (C=O) groups is 1. The lowest BCUT2D eigenvalue weighted by atomic mass is 9.68. The van der Waals surface area contributed by atoms with Gasteiger partial charge < -0.3 is 16.4 Å². The highest BCUT2D eigenvalue weighted by Crippen LogP contribution is 2.52. The van der Waals surface area contributed by atoms with Gasteiger partial charge in [-0.25, -0.2) is 0 Å². The lowest BCUT2D eigenvalue weighted by molar-refractivity contribution is -0.118. The molecule has 0 bridgehead atoms. The van der Waals surface area contributed by atoms with Crippen molar-refractivity contribution >= 4 is 17.4 Å². The van der Waals surface area contributed by atoms with Gasteiger partial charge in [0.2, 0.25) is 5.91 Å². The molecule has 2 aliphatic heterocycles. The van der Waals surface area contributed by atoms with E-state index < -0.39 is 5.41 Å². The Labute approximate surface area is 132 Å². The second kappa shape index (κ2) is 4.14. The second-order valence-corrected chi connectivity index (χ2v) is 5.85. The summed E-state index contributed by atoms with van der Waals surface area (Å²) in [4.78, 5) is 13.0. The van der Waals surface area contributed by atoms with E-state index in [0.29, 0.717) is 17.1 Å². The third kappa shape index (κ3) is 1.42. The maximum Gasteiger partial charge on any atom is 0.245 e. The summed E-state index contributed by atoms with van der Waals surface area (Å²) in [6.45, 7) is 3.77. The molecule has 114 valence electrons. The molecule has 7 nitrogen and oxygen atoms in total. The number of rotatable bonds is 0. The van der Waals surface area contributed by atoms with E-state index in [2.05, 4.69) is 26.9 Å². The van der Waals surface area contributed by atoms with Gasteiger partial charge in [0.05, 0.1) is 5.57 Å². The van der Waals surface area contributed by atoms with Crippen LogP contribution in [0, 0.1) is 25.2 Å². The standard InChI is InChI=1S/C16H14N6O/c1-7-3-4-11-9(5-7)16(15(23)19-11)10(6-17)13(18)20-14-12(16)8(2)21-22-14/h3-5H,18H2,1-2H3,(H,19,23)(H2,20,21,22). The van der Waals surface area contributed by atoms with Crippen molar-refractivity contribution in [1.29, 1.82) is 5.26 Å². The maximum atomic E-state index is 13.0. The highest BCUT2D eigenvalue weighted by atomic mass is 16.2. The van der Waals surface area contributed by atoms with Gasteiger partial charge in [-0.2, -0.15) is 10.4 Å². The summed E-state index contributed by atoms with van der Waals surface area (Å²) < 4.78 is 0. The van der Waals surface area contributed by atoms with E-state index in [1.807, 2.05) is 32.0 Å². The average molecular weight is 306 g/mol. The van der Waals surface area contributed by atoms with E-state index in [4.69, 9.17) is 5.73 Å². The van der Waals surface area contributed by atoms with Gasteiger partial charge >= 0.3 is 0 Å². The first kappa shape index (κ1) is 13.4. The van der Waals surface area contributed by atoms with Crippen LogP contribution in [0.2, 0.25) is 0 Å². The molecule has 0 aliphatic carbocycles. The number of aryl methyl sites for hydroxylation is 2. The number of nitrogens with zero attached hydrogens (tertiary/aromatic N) is 2. The smallest absolute Gasteiger partial charge is 0.245 e. The van der Waals surface area contributed by atoms with Gasteiger partial charge in [-0.3, -0.25) is 9.89 Å². The largest absolute Gasteiger partial charge is 0.384 e. The van der Waals surface area contributed by atoms with Crippen molar-refractivity contribution in [2.24, 2.45) is 5.73 Å². The number of carbonyl (C=O) groups excluding carboxylic acids is 1. The number of nitriles is 1. The van der Waals surface area contributed by atoms with E-state index in [9.17, 15) is 10.1 Å². The van der Waals surface area contributed by atoms with Gasteiger partial charge in [0, 0.05) is 22.5 Å². The number of hydrogen-bond donors (Lipinski definition) is 4. The highest BCUT2D eigenvalue weighted by Gasteiger charge is 2.57. The van der Waals surface area contributed by atoms with Crippen molar-refractivity contribution < 1.29 is 4.79 Å². The van der Waals surface area contributed by atoms with Gasteiger partial charge in [0.25, 0.3) is 0 Å². The Morgan fingerprint density at radius 1 is 1.30 bits per heavy atom. The minimum Gasteiger partial charge on any atom is -0.384 e. The van der Waals surface area contributed by atoms with E-state index in [1.165, 1.54) is 0 Å². The molecule has 1 amide bonds. The molecule has 1 spiro atoms. The number of amides is 1. The molecule has 0 radical (unpaired) electrons. The number of nitrogens with two attached hydrogens (primary N) is 1. The van der Waals surface area contributed by atoms with Crippen LogP contribution < -0.4 is 16.4 Å². The van der Waals surface area contributed by atoms with Crippen LogP contribution in [-0.4, -0.2) is 16.1 Å². The van der Waals surface area contributed by atoms with Gasteiger partial charge in [-0.15, -0.1) is 0 Å². The number of aromatic nitrogens is 2. The molecule has 4 rings (SSSR count). The van der Waals surface area contributed by atoms with Crippen molar-refractivity contribution in [1.82, 2.24) is 10.2 Å². The van der Waals surface area contributed by atoms with Crippen LogP contribution in [0.4, 0.5) is 11.5 Å². The second-order valence-electron chi connectivity index (χ2n) is 5.85. The minimum absolute atomic E-state index is 0.149. The molecule has 1 aromatic heterocycles. The summed E-state index contributed by atoms with van der Waals surface area (Å²) in [6.07, 6.45) is 0. The zero-order chi connectivity index (χ0) is 16.4. The van der Waals surface area contributed by atoms with Crippen LogP contribution in [0.3, 0.4) is 0 Å². The fraction of sp³-hybridized carbons (Fsp3) is 0.188. The number of benzene rings is 1. The van der Waals surface area contributed by atoms with Crippen LogP contribution in [0.25, 0.3) is 0 Å². The van der Waals surface area contributed by atoms with Crippen LogP contribution in [-0.2, 0) is 10.2 Å². The first-order valence-corrected chi connectivity index (χ1v) is 7.15. The molecule has 0 saturated carbocycles. The summed E-state index contributed by atoms with van der Waals surface area (Å²) in [5.41, 5.74) is 8.74. The van der Waals surface area contributed by atoms with E-state index in [-0.39, 0.29) is 17.3 Å². The SMILES string of the molecule is Cc1ccc2c(c1)C1(C(=O)N2)C(C#N)=C(N)Nc2n[nH]c(C)c21. The molecule has 5 N–H and O–H groups in total. The monoisotopic (exact) mass is 306 g/mol. The Kier molecular flexibility index (Phi) is 2.41. The minimum atomic E-state index is -1.27. The summed E-state index contributed by atoms with van der Waals surface area (Å²) in [5.74, 6) is 0.337. The quantitative estimate of drug-likeness (QED) is 0.586. The lowest BCUT2D eigenvalue weighted by Gasteiger charge is -2.32. The van der Waals surface area contributed by atoms with Gasteiger partial charge in [0.1, 0.15) is 17.3 Å². The molecular weight excluding hydrogens is 292 g/mol. The van der Waals surface area contributed by atoms with E-state index in [0.717, 1.165) is 16.8 Å². The Morgan fingerprint density at radius 3 is 2.83 bits per heavy atom. The number of fused-ring (bicyclic) bond motifs is 4. The third-order valence-corrected chi connectivity index (χ3v) is 4.50. The normalized spacial score (nSPS) is 21.5.